The smallest absolute Gasteiger partial charge is 0.410 e. The molecule has 0 spiro atoms. The zero-order chi connectivity index (χ0) is 35.5. The van der Waals surface area contributed by atoms with Gasteiger partial charge in [0.25, 0.3) is 0 Å². The van der Waals surface area contributed by atoms with Crippen LogP contribution < -0.4 is 0 Å². The van der Waals surface area contributed by atoms with E-state index in [1.807, 2.05) is 41.5 Å². The van der Waals surface area contributed by atoms with Gasteiger partial charge in [-0.1, -0.05) is 0 Å². The third-order valence-corrected chi connectivity index (χ3v) is 9.43. The maximum absolute atomic E-state index is 12.1. The molecule has 0 unspecified atom stereocenters. The summed E-state index contributed by atoms with van der Waals surface area (Å²) in [5, 5.41) is 0. The Balaban J connectivity index is 0.000000260. The molecule has 4 fully saturated rings. The van der Waals surface area contributed by atoms with Crippen molar-refractivity contribution in [3.05, 3.63) is 0 Å². The minimum Gasteiger partial charge on any atom is -0.469 e. The lowest BCUT2D eigenvalue weighted by Gasteiger charge is -2.28. The second-order valence-corrected chi connectivity index (χ2v) is 15.8. The summed E-state index contributed by atoms with van der Waals surface area (Å²) in [6, 6.07) is 0. The first kappa shape index (κ1) is 39.8. The maximum atomic E-state index is 12.1. The van der Waals surface area contributed by atoms with Crippen molar-refractivity contribution in [3.8, 4) is 0 Å². The van der Waals surface area contributed by atoms with Crippen molar-refractivity contribution in [2.24, 2.45) is 23.7 Å². The first-order valence-electron chi connectivity index (χ1n) is 17.9. The summed E-state index contributed by atoms with van der Waals surface area (Å²) in [7, 11) is 2.89. The third kappa shape index (κ3) is 13.7. The highest BCUT2D eigenvalue weighted by Gasteiger charge is 2.33. The maximum Gasteiger partial charge on any atom is 0.410 e. The van der Waals surface area contributed by atoms with Gasteiger partial charge in [0.05, 0.1) is 51.5 Å². The van der Waals surface area contributed by atoms with E-state index in [1.165, 1.54) is 14.2 Å². The van der Waals surface area contributed by atoms with E-state index >= 15 is 0 Å². The molecule has 0 radical (unpaired) electrons. The molecule has 0 aromatic carbocycles. The van der Waals surface area contributed by atoms with Crippen LogP contribution in [0.5, 0.6) is 0 Å². The molecule has 2 aliphatic carbocycles. The lowest BCUT2D eigenvalue weighted by molar-refractivity contribution is -0.148. The van der Waals surface area contributed by atoms with Crippen LogP contribution in [0.4, 0.5) is 9.59 Å². The standard InChI is InChI=1S/2C18H31NO5/c2*1-18(2,3)24-17(21)19-10-9-13(11-19)12-23-15-7-5-14(6-8-15)16(20)22-4/h2*13-15H,5-12H2,1-4H3/t2*13-,14?,15?/m11/s1. The lowest BCUT2D eigenvalue weighted by Crippen LogP contribution is -2.35. The minimum absolute atomic E-state index is 0.0315. The molecule has 2 aliphatic heterocycles. The number of esters is 2. The Hall–Kier alpha value is -2.60. The molecule has 48 heavy (non-hydrogen) atoms. The first-order chi connectivity index (χ1) is 22.6. The Kier molecular flexibility index (Phi) is 15.3. The number of hydrogen-bond donors (Lipinski definition) is 0. The fourth-order valence-electron chi connectivity index (χ4n) is 6.73. The summed E-state index contributed by atoms with van der Waals surface area (Å²) >= 11 is 0. The van der Waals surface area contributed by atoms with Crippen LogP contribution >= 0.6 is 0 Å². The van der Waals surface area contributed by atoms with Crippen LogP contribution in [0.3, 0.4) is 0 Å². The topological polar surface area (TPSA) is 130 Å². The molecule has 2 heterocycles. The number of ether oxygens (including phenoxy) is 6. The summed E-state index contributed by atoms with van der Waals surface area (Å²) in [5.41, 5.74) is -0.909. The largest absolute Gasteiger partial charge is 0.469 e. The van der Waals surface area contributed by atoms with E-state index in [4.69, 9.17) is 28.4 Å². The minimum atomic E-state index is -0.454. The van der Waals surface area contributed by atoms with Gasteiger partial charge in [0.2, 0.25) is 0 Å². The number of carbonyl (C=O) groups is 4. The molecule has 0 N–H and O–H groups in total. The molecule has 0 aromatic rings. The number of methoxy groups -OCH3 is 2. The highest BCUT2D eigenvalue weighted by Crippen LogP contribution is 2.30. The zero-order valence-electron chi connectivity index (χ0n) is 30.8. The molecule has 2 saturated carbocycles. The number of likely N-dealkylation sites (tertiary alicyclic amines) is 2. The summed E-state index contributed by atoms with van der Waals surface area (Å²) < 4.78 is 32.5. The van der Waals surface area contributed by atoms with Crippen molar-refractivity contribution >= 4 is 24.1 Å². The fraction of sp³-hybridized carbons (Fsp3) is 0.889. The summed E-state index contributed by atoms with van der Waals surface area (Å²) in [5.74, 6) is 0.606. The van der Waals surface area contributed by atoms with E-state index in [1.54, 1.807) is 9.80 Å². The Labute approximate surface area is 287 Å². The average molecular weight is 683 g/mol. The van der Waals surface area contributed by atoms with Gasteiger partial charge in [0.15, 0.2) is 0 Å². The van der Waals surface area contributed by atoms with Gasteiger partial charge < -0.3 is 38.2 Å². The Morgan fingerprint density at radius 3 is 1.17 bits per heavy atom. The summed E-state index contributed by atoms with van der Waals surface area (Å²) in [6.07, 6.45) is 8.87. The van der Waals surface area contributed by atoms with Gasteiger partial charge in [-0.25, -0.2) is 9.59 Å². The van der Waals surface area contributed by atoms with Crippen LogP contribution in [0.1, 0.15) is 106 Å². The van der Waals surface area contributed by atoms with Crippen LogP contribution in [-0.2, 0) is 38.0 Å². The molecule has 2 saturated heterocycles. The summed E-state index contributed by atoms with van der Waals surface area (Å²) in [6.45, 7) is 15.5. The second-order valence-electron chi connectivity index (χ2n) is 15.8. The predicted molar refractivity (Wildman–Crippen MR) is 179 cm³/mol. The van der Waals surface area contributed by atoms with Crippen LogP contribution in [0.15, 0.2) is 0 Å². The number of nitrogens with zero attached hydrogens (tertiary/aromatic N) is 2. The van der Waals surface area contributed by atoms with E-state index in [0.29, 0.717) is 38.1 Å². The Morgan fingerprint density at radius 2 is 0.875 bits per heavy atom. The normalized spacial score (nSPS) is 27.8. The molecule has 4 aliphatic rings. The van der Waals surface area contributed by atoms with Gasteiger partial charge in [-0.05, 0) is 106 Å². The second kappa shape index (κ2) is 18.4. The van der Waals surface area contributed by atoms with Gasteiger partial charge in [0.1, 0.15) is 11.2 Å². The fourth-order valence-corrected chi connectivity index (χ4v) is 6.73. The monoisotopic (exact) mass is 682 g/mol. The van der Waals surface area contributed by atoms with Gasteiger partial charge >= 0.3 is 24.1 Å². The molecule has 276 valence electrons. The Bertz CT molecular complexity index is 956. The molecule has 0 bridgehead atoms. The van der Waals surface area contributed by atoms with Crippen molar-refractivity contribution < 1.29 is 47.6 Å². The van der Waals surface area contributed by atoms with E-state index in [9.17, 15) is 19.2 Å². The Morgan fingerprint density at radius 1 is 0.542 bits per heavy atom. The number of amides is 2. The highest BCUT2D eigenvalue weighted by molar-refractivity contribution is 5.72. The molecular formula is C36H62N2O10. The van der Waals surface area contributed by atoms with E-state index < -0.39 is 11.2 Å². The van der Waals surface area contributed by atoms with Crippen molar-refractivity contribution in [1.82, 2.24) is 9.80 Å². The molecule has 2 atom stereocenters. The van der Waals surface area contributed by atoms with Crippen molar-refractivity contribution in [2.45, 2.75) is 129 Å². The number of rotatable bonds is 8. The van der Waals surface area contributed by atoms with Crippen LogP contribution in [0, 0.1) is 23.7 Å². The zero-order valence-corrected chi connectivity index (χ0v) is 30.8. The molecule has 12 heteroatoms. The van der Waals surface area contributed by atoms with Gasteiger partial charge in [-0.15, -0.1) is 0 Å². The van der Waals surface area contributed by atoms with Gasteiger partial charge in [0, 0.05) is 38.0 Å². The van der Waals surface area contributed by atoms with Crippen molar-refractivity contribution in [3.63, 3.8) is 0 Å². The molecular weight excluding hydrogens is 620 g/mol. The van der Waals surface area contributed by atoms with E-state index in [-0.39, 0.29) is 48.2 Å². The van der Waals surface area contributed by atoms with Gasteiger partial charge in [-0.2, -0.15) is 0 Å². The number of hydrogen-bond acceptors (Lipinski definition) is 10. The van der Waals surface area contributed by atoms with Crippen LogP contribution in [-0.4, -0.2) is 111 Å². The molecule has 2 amide bonds. The SMILES string of the molecule is COC(=O)C1CCC(OC[C@@H]2CCN(C(=O)OC(C)(C)C)C2)CC1.COC(=O)C1CCC(OC[C@@H]2CCN(C(=O)OC(C)(C)C)C2)CC1. The predicted octanol–water partition coefficient (Wildman–Crippen LogP) is 5.98. The van der Waals surface area contributed by atoms with Gasteiger partial charge in [-0.3, -0.25) is 9.59 Å². The first-order valence-corrected chi connectivity index (χ1v) is 17.9. The lowest BCUT2D eigenvalue weighted by atomic mass is 9.87. The van der Waals surface area contributed by atoms with E-state index in [2.05, 4.69) is 0 Å². The third-order valence-electron chi connectivity index (χ3n) is 9.43. The highest BCUT2D eigenvalue weighted by atomic mass is 16.6. The number of carbonyl (C=O) groups excluding carboxylic acids is 4. The molecule has 12 nitrogen and oxygen atoms in total. The quantitative estimate of drug-likeness (QED) is 0.223. The molecule has 0 aromatic heterocycles. The molecule has 4 rings (SSSR count). The van der Waals surface area contributed by atoms with Crippen molar-refractivity contribution in [2.75, 3.05) is 53.6 Å². The van der Waals surface area contributed by atoms with Crippen LogP contribution in [0.25, 0.3) is 0 Å². The average Bonchev–Trinajstić information content (AvgIpc) is 3.72. The van der Waals surface area contributed by atoms with E-state index in [0.717, 1.165) is 77.3 Å². The summed E-state index contributed by atoms with van der Waals surface area (Å²) in [4.78, 5) is 50.7. The van der Waals surface area contributed by atoms with Crippen molar-refractivity contribution in [1.29, 1.82) is 0 Å². The van der Waals surface area contributed by atoms with Crippen LogP contribution in [0.2, 0.25) is 0 Å².